The molecule has 3 nitrogen and oxygen atoms in total. The van der Waals surface area contributed by atoms with E-state index in [2.05, 4.69) is 11.3 Å². The first-order valence-corrected chi connectivity index (χ1v) is 3.36. The van der Waals surface area contributed by atoms with E-state index in [4.69, 9.17) is 4.74 Å². The number of hydrogen-bond donors (Lipinski definition) is 0. The van der Waals surface area contributed by atoms with Gasteiger partial charge in [0.2, 0.25) is 0 Å². The van der Waals surface area contributed by atoms with E-state index in [-0.39, 0.29) is 12.6 Å². The molecular weight excluding hydrogens is 144 g/mol. The van der Waals surface area contributed by atoms with Crippen molar-refractivity contribution < 1.29 is 14.3 Å². The molecule has 0 amide bonds. The van der Waals surface area contributed by atoms with E-state index in [1.165, 1.54) is 7.11 Å². The largest absolute Gasteiger partial charge is 0.467 e. The molecule has 0 atom stereocenters. The molecule has 0 saturated carbocycles. The van der Waals surface area contributed by atoms with Gasteiger partial charge in [0.25, 0.3) is 0 Å². The molecule has 0 aliphatic heterocycles. The van der Waals surface area contributed by atoms with E-state index in [1.54, 1.807) is 6.08 Å². The van der Waals surface area contributed by atoms with Gasteiger partial charge in [0.15, 0.2) is 0 Å². The van der Waals surface area contributed by atoms with Crippen LogP contribution in [0, 0.1) is 0 Å². The van der Waals surface area contributed by atoms with Crippen molar-refractivity contribution in [2.24, 2.45) is 0 Å². The Morgan fingerprint density at radius 1 is 1.64 bits per heavy atom. The van der Waals surface area contributed by atoms with Crippen molar-refractivity contribution in [1.29, 1.82) is 0 Å². The van der Waals surface area contributed by atoms with E-state index in [1.807, 2.05) is 13.8 Å². The summed E-state index contributed by atoms with van der Waals surface area (Å²) < 4.78 is 9.53. The minimum Gasteiger partial charge on any atom is -0.467 e. The van der Waals surface area contributed by atoms with Gasteiger partial charge in [0.05, 0.1) is 12.7 Å². The van der Waals surface area contributed by atoms with Crippen LogP contribution in [0.4, 0.5) is 0 Å². The first-order chi connectivity index (χ1) is 5.02. The van der Waals surface area contributed by atoms with E-state index in [9.17, 15) is 4.79 Å². The van der Waals surface area contributed by atoms with Crippen molar-refractivity contribution in [2.75, 3.05) is 13.7 Å². The van der Waals surface area contributed by atoms with Crippen LogP contribution in [-0.4, -0.2) is 25.3 Å². The molecule has 0 fully saturated rings. The molecule has 64 valence electrons. The molecule has 0 heterocycles. The number of carbonyl (C=O) groups is 1. The molecular formula is C8H14O3. The summed E-state index contributed by atoms with van der Waals surface area (Å²) in [5.41, 5.74) is -0.464. The monoisotopic (exact) mass is 158 g/mol. The summed E-state index contributed by atoms with van der Waals surface area (Å²) in [4.78, 5) is 10.6. The van der Waals surface area contributed by atoms with E-state index >= 15 is 0 Å². The lowest BCUT2D eigenvalue weighted by molar-refractivity contribution is -0.149. The maximum Gasteiger partial charge on any atom is 0.331 e. The van der Waals surface area contributed by atoms with Crippen molar-refractivity contribution in [3.8, 4) is 0 Å². The van der Waals surface area contributed by atoms with Crippen LogP contribution >= 0.6 is 0 Å². The molecule has 0 aliphatic rings. The Balaban J connectivity index is 3.69. The van der Waals surface area contributed by atoms with Gasteiger partial charge in [-0.1, -0.05) is 6.08 Å². The highest BCUT2D eigenvalue weighted by Gasteiger charge is 2.14. The predicted molar refractivity (Wildman–Crippen MR) is 42.2 cm³/mol. The fourth-order valence-electron chi connectivity index (χ4n) is 0.363. The summed E-state index contributed by atoms with van der Waals surface area (Å²) in [6.07, 6.45) is 1.63. The summed E-state index contributed by atoms with van der Waals surface area (Å²) in [5, 5.41) is 0. The number of rotatable bonds is 4. The summed E-state index contributed by atoms with van der Waals surface area (Å²) in [5.74, 6) is -0.375. The molecule has 0 aromatic carbocycles. The van der Waals surface area contributed by atoms with E-state index in [0.29, 0.717) is 0 Å². The maximum atomic E-state index is 10.6. The van der Waals surface area contributed by atoms with Gasteiger partial charge >= 0.3 is 5.97 Å². The molecule has 0 saturated heterocycles. The highest BCUT2D eigenvalue weighted by molar-refractivity contribution is 5.70. The van der Waals surface area contributed by atoms with Gasteiger partial charge in [0, 0.05) is 0 Å². The van der Waals surface area contributed by atoms with Crippen molar-refractivity contribution in [2.45, 2.75) is 19.4 Å². The minimum absolute atomic E-state index is 0.0322. The minimum atomic E-state index is -0.464. The SMILES string of the molecule is C=CC(C)(C)OCC(=O)OC. The fourth-order valence-corrected chi connectivity index (χ4v) is 0.363. The Morgan fingerprint density at radius 2 is 2.18 bits per heavy atom. The lowest BCUT2D eigenvalue weighted by atomic mass is 10.1. The Labute approximate surface area is 67.0 Å². The quantitative estimate of drug-likeness (QED) is 0.454. The van der Waals surface area contributed by atoms with Crippen LogP contribution < -0.4 is 0 Å². The summed E-state index contributed by atoms with van der Waals surface area (Å²) in [7, 11) is 1.33. The Hall–Kier alpha value is -0.830. The van der Waals surface area contributed by atoms with Gasteiger partial charge in [-0.3, -0.25) is 0 Å². The topological polar surface area (TPSA) is 35.5 Å². The van der Waals surface area contributed by atoms with Crippen molar-refractivity contribution >= 4 is 5.97 Å². The maximum absolute atomic E-state index is 10.6. The molecule has 3 heteroatoms. The number of carbonyl (C=O) groups excluding carboxylic acids is 1. The zero-order chi connectivity index (χ0) is 8.91. The third kappa shape index (κ3) is 4.56. The fraction of sp³-hybridized carbons (Fsp3) is 0.625. The zero-order valence-electron chi connectivity index (χ0n) is 7.22. The Bertz CT molecular complexity index is 149. The highest BCUT2D eigenvalue weighted by atomic mass is 16.6. The van der Waals surface area contributed by atoms with Gasteiger partial charge in [-0.05, 0) is 13.8 Å². The molecule has 0 spiro atoms. The zero-order valence-corrected chi connectivity index (χ0v) is 7.22. The average Bonchev–Trinajstić information content (AvgIpc) is 2.00. The first-order valence-electron chi connectivity index (χ1n) is 3.36. The lowest BCUT2D eigenvalue weighted by Gasteiger charge is -2.19. The smallest absolute Gasteiger partial charge is 0.331 e. The molecule has 0 radical (unpaired) electrons. The van der Waals surface area contributed by atoms with Gasteiger partial charge in [-0.2, -0.15) is 0 Å². The molecule has 0 bridgehead atoms. The van der Waals surface area contributed by atoms with Gasteiger partial charge in [-0.25, -0.2) is 4.79 Å². The number of esters is 1. The van der Waals surface area contributed by atoms with Crippen LogP contribution in [0.1, 0.15) is 13.8 Å². The standard InChI is InChI=1S/C8H14O3/c1-5-8(2,3)11-6-7(9)10-4/h5H,1,6H2,2-4H3. The van der Waals surface area contributed by atoms with Gasteiger partial charge in [-0.15, -0.1) is 6.58 Å². The van der Waals surface area contributed by atoms with Crippen molar-refractivity contribution in [1.82, 2.24) is 0 Å². The Kier molecular flexibility index (Phi) is 3.82. The van der Waals surface area contributed by atoms with Crippen LogP contribution in [-0.2, 0) is 14.3 Å². The normalized spacial score (nSPS) is 10.8. The third-order valence-corrected chi connectivity index (χ3v) is 1.28. The first kappa shape index (κ1) is 10.2. The van der Waals surface area contributed by atoms with E-state index < -0.39 is 5.60 Å². The van der Waals surface area contributed by atoms with Crippen LogP contribution in [0.15, 0.2) is 12.7 Å². The third-order valence-electron chi connectivity index (χ3n) is 1.28. The molecule has 0 N–H and O–H groups in total. The molecule has 0 rings (SSSR count). The molecule has 0 aromatic heterocycles. The lowest BCUT2D eigenvalue weighted by Crippen LogP contribution is -2.25. The van der Waals surface area contributed by atoms with Crippen molar-refractivity contribution in [3.63, 3.8) is 0 Å². The number of ether oxygens (including phenoxy) is 2. The second-order valence-corrected chi connectivity index (χ2v) is 2.67. The summed E-state index contributed by atoms with van der Waals surface area (Å²) in [6.45, 7) is 7.17. The molecule has 0 unspecified atom stereocenters. The van der Waals surface area contributed by atoms with Gasteiger partial charge < -0.3 is 9.47 Å². The molecule has 0 aromatic rings. The summed E-state index contributed by atoms with van der Waals surface area (Å²) in [6, 6.07) is 0. The second kappa shape index (κ2) is 4.13. The van der Waals surface area contributed by atoms with E-state index in [0.717, 1.165) is 0 Å². The van der Waals surface area contributed by atoms with Crippen LogP contribution in [0.2, 0.25) is 0 Å². The number of methoxy groups -OCH3 is 1. The van der Waals surface area contributed by atoms with Crippen LogP contribution in [0.25, 0.3) is 0 Å². The Morgan fingerprint density at radius 3 is 2.55 bits per heavy atom. The highest BCUT2D eigenvalue weighted by Crippen LogP contribution is 2.08. The average molecular weight is 158 g/mol. The summed E-state index contributed by atoms with van der Waals surface area (Å²) >= 11 is 0. The molecule has 0 aliphatic carbocycles. The van der Waals surface area contributed by atoms with Crippen LogP contribution in [0.3, 0.4) is 0 Å². The number of hydrogen-bond acceptors (Lipinski definition) is 3. The second-order valence-electron chi connectivity index (χ2n) is 2.67. The predicted octanol–water partition coefficient (Wildman–Crippen LogP) is 1.14. The van der Waals surface area contributed by atoms with Crippen LogP contribution in [0.5, 0.6) is 0 Å². The van der Waals surface area contributed by atoms with Crippen molar-refractivity contribution in [3.05, 3.63) is 12.7 Å². The van der Waals surface area contributed by atoms with Gasteiger partial charge in [0.1, 0.15) is 6.61 Å². The molecule has 11 heavy (non-hydrogen) atoms.